The second-order valence-corrected chi connectivity index (χ2v) is 7.42. The number of fused-ring (bicyclic) bond motifs is 1. The second kappa shape index (κ2) is 5.86. The lowest BCUT2D eigenvalue weighted by molar-refractivity contribution is -0.118. The fourth-order valence-corrected chi connectivity index (χ4v) is 3.92. The van der Waals surface area contributed by atoms with Crippen LogP contribution in [-0.2, 0) is 21.2 Å². The molecule has 0 unspecified atom stereocenters. The molecule has 0 bridgehead atoms. The van der Waals surface area contributed by atoms with Crippen LogP contribution in [0.15, 0.2) is 47.4 Å². The Kier molecular flexibility index (Phi) is 4.04. The van der Waals surface area contributed by atoms with E-state index in [0.717, 1.165) is 11.3 Å². The van der Waals surface area contributed by atoms with Gasteiger partial charge in [-0.2, -0.15) is 0 Å². The number of nitrogens with one attached hydrogen (secondary N) is 1. The average Bonchev–Trinajstić information content (AvgIpc) is 2.53. The summed E-state index contributed by atoms with van der Waals surface area (Å²) in [6.45, 7) is 0. The summed E-state index contributed by atoms with van der Waals surface area (Å²) in [6, 6.07) is 11.4. The molecule has 0 saturated heterocycles. The van der Waals surface area contributed by atoms with Crippen molar-refractivity contribution < 1.29 is 13.2 Å². The van der Waals surface area contributed by atoms with Crippen molar-refractivity contribution in [2.75, 3.05) is 16.7 Å². The summed E-state index contributed by atoms with van der Waals surface area (Å²) >= 11 is 6.00. The molecule has 1 heterocycles. The van der Waals surface area contributed by atoms with Gasteiger partial charge in [0.25, 0.3) is 10.0 Å². The highest BCUT2D eigenvalue weighted by Gasteiger charge is 2.23. The summed E-state index contributed by atoms with van der Waals surface area (Å²) in [7, 11) is -2.05. The summed E-state index contributed by atoms with van der Waals surface area (Å²) in [4.78, 5) is 13.4. The first-order chi connectivity index (χ1) is 10.9. The molecule has 1 amide bonds. The van der Waals surface area contributed by atoms with Crippen LogP contribution in [0.1, 0.15) is 12.0 Å². The number of hydrogen-bond acceptors (Lipinski definition) is 3. The highest BCUT2D eigenvalue weighted by atomic mass is 35.5. The molecule has 0 saturated carbocycles. The van der Waals surface area contributed by atoms with Crippen LogP contribution in [-0.4, -0.2) is 21.4 Å². The van der Waals surface area contributed by atoms with E-state index in [1.165, 1.54) is 6.07 Å². The minimum Gasteiger partial charge on any atom is -0.315 e. The van der Waals surface area contributed by atoms with Gasteiger partial charge in [-0.25, -0.2) is 8.42 Å². The van der Waals surface area contributed by atoms with Crippen molar-refractivity contribution in [1.82, 2.24) is 0 Å². The monoisotopic (exact) mass is 350 g/mol. The lowest BCUT2D eigenvalue weighted by atomic mass is 10.0. The van der Waals surface area contributed by atoms with Gasteiger partial charge >= 0.3 is 0 Å². The van der Waals surface area contributed by atoms with Gasteiger partial charge in [0.1, 0.15) is 0 Å². The number of hydrogen-bond donors (Lipinski definition) is 1. The number of aryl methyl sites for hydroxylation is 1. The molecule has 0 aromatic heterocycles. The Bertz CT molecular complexity index is 881. The van der Waals surface area contributed by atoms with Crippen LogP contribution in [0.25, 0.3) is 0 Å². The molecule has 3 rings (SSSR count). The van der Waals surface area contributed by atoms with Crippen molar-refractivity contribution in [1.29, 1.82) is 0 Å². The standard InChI is InChI=1S/C16H15ClN2O3S/c1-19-15-8-7-12(10-11(15)6-9-16(19)20)23(21,22)18-14-5-3-2-4-13(14)17/h2-5,7-8,10,18H,6,9H2,1H3. The molecule has 0 spiro atoms. The van der Waals surface area contributed by atoms with Crippen LogP contribution in [0.5, 0.6) is 0 Å². The molecule has 1 N–H and O–H groups in total. The molecule has 1 aliphatic rings. The molecular weight excluding hydrogens is 336 g/mol. The maximum absolute atomic E-state index is 12.5. The van der Waals surface area contributed by atoms with Crippen molar-refractivity contribution in [3.8, 4) is 0 Å². The molecule has 2 aromatic rings. The van der Waals surface area contributed by atoms with Gasteiger partial charge in [0.15, 0.2) is 0 Å². The number of halogens is 1. The number of carbonyl (C=O) groups excluding carboxylic acids is 1. The van der Waals surface area contributed by atoms with Gasteiger partial charge in [0.2, 0.25) is 5.91 Å². The Morgan fingerprint density at radius 2 is 1.87 bits per heavy atom. The van der Waals surface area contributed by atoms with Gasteiger partial charge in [-0.3, -0.25) is 9.52 Å². The number of sulfonamides is 1. The fourth-order valence-electron chi connectivity index (χ4n) is 2.55. The van der Waals surface area contributed by atoms with Gasteiger partial charge in [-0.15, -0.1) is 0 Å². The number of rotatable bonds is 3. The molecule has 0 aliphatic carbocycles. The van der Waals surface area contributed by atoms with Gasteiger partial charge in [-0.05, 0) is 42.3 Å². The predicted molar refractivity (Wildman–Crippen MR) is 90.4 cm³/mol. The summed E-state index contributed by atoms with van der Waals surface area (Å²) < 4.78 is 27.6. The van der Waals surface area contributed by atoms with Crippen molar-refractivity contribution >= 4 is 38.9 Å². The first-order valence-corrected chi connectivity index (χ1v) is 8.91. The summed E-state index contributed by atoms with van der Waals surface area (Å²) in [5.74, 6) is 0.0299. The number of nitrogens with zero attached hydrogens (tertiary/aromatic N) is 1. The third-order valence-corrected chi connectivity index (χ3v) is 5.52. The summed E-state index contributed by atoms with van der Waals surface area (Å²) in [6.07, 6.45) is 0.916. The Hall–Kier alpha value is -2.05. The second-order valence-electron chi connectivity index (χ2n) is 5.33. The molecule has 23 heavy (non-hydrogen) atoms. The Morgan fingerprint density at radius 1 is 1.13 bits per heavy atom. The van der Waals surface area contributed by atoms with Crippen LogP contribution in [0, 0.1) is 0 Å². The van der Waals surface area contributed by atoms with Crippen LogP contribution in [0.2, 0.25) is 5.02 Å². The number of benzene rings is 2. The molecule has 0 fully saturated rings. The van der Waals surface area contributed by atoms with Crippen LogP contribution < -0.4 is 9.62 Å². The smallest absolute Gasteiger partial charge is 0.261 e. The molecule has 120 valence electrons. The normalized spacial score (nSPS) is 14.5. The zero-order valence-corrected chi connectivity index (χ0v) is 14.0. The van der Waals surface area contributed by atoms with Crippen LogP contribution in [0.3, 0.4) is 0 Å². The summed E-state index contributed by atoms with van der Waals surface area (Å²) in [5, 5.41) is 0.333. The van der Waals surface area contributed by atoms with Gasteiger partial charge in [0.05, 0.1) is 15.6 Å². The van der Waals surface area contributed by atoms with E-state index in [1.54, 1.807) is 48.3 Å². The zero-order valence-electron chi connectivity index (χ0n) is 12.4. The van der Waals surface area contributed by atoms with E-state index in [-0.39, 0.29) is 10.8 Å². The van der Waals surface area contributed by atoms with Gasteiger partial charge in [0, 0.05) is 19.2 Å². The van der Waals surface area contributed by atoms with E-state index < -0.39 is 10.0 Å². The maximum Gasteiger partial charge on any atom is 0.261 e. The molecular formula is C16H15ClN2O3S. The van der Waals surface area contributed by atoms with E-state index >= 15 is 0 Å². The third-order valence-electron chi connectivity index (χ3n) is 3.82. The van der Waals surface area contributed by atoms with Crippen molar-refractivity contribution in [2.24, 2.45) is 0 Å². The molecule has 1 aliphatic heterocycles. The third kappa shape index (κ3) is 3.04. The number of para-hydroxylation sites is 1. The minimum atomic E-state index is -3.74. The number of amides is 1. The Balaban J connectivity index is 1.95. The van der Waals surface area contributed by atoms with Crippen molar-refractivity contribution in [2.45, 2.75) is 17.7 Å². The van der Waals surface area contributed by atoms with Crippen molar-refractivity contribution in [3.05, 3.63) is 53.1 Å². The van der Waals surface area contributed by atoms with E-state index in [9.17, 15) is 13.2 Å². The Morgan fingerprint density at radius 3 is 2.61 bits per heavy atom. The molecule has 5 nitrogen and oxygen atoms in total. The van der Waals surface area contributed by atoms with E-state index in [2.05, 4.69) is 4.72 Å². The predicted octanol–water partition coefficient (Wildman–Crippen LogP) is 3.05. The van der Waals surface area contributed by atoms with Gasteiger partial charge < -0.3 is 4.90 Å². The van der Waals surface area contributed by atoms with Crippen LogP contribution in [0.4, 0.5) is 11.4 Å². The lowest BCUT2D eigenvalue weighted by Gasteiger charge is -2.26. The number of anilines is 2. The minimum absolute atomic E-state index is 0.0299. The van der Waals surface area contributed by atoms with Gasteiger partial charge in [-0.1, -0.05) is 23.7 Å². The van der Waals surface area contributed by atoms with Crippen LogP contribution >= 0.6 is 11.6 Å². The maximum atomic E-state index is 12.5. The quantitative estimate of drug-likeness (QED) is 0.925. The SMILES string of the molecule is CN1C(=O)CCc2cc(S(=O)(=O)Nc3ccccc3Cl)ccc21. The Labute approximate surface area is 139 Å². The molecule has 7 heteroatoms. The van der Waals surface area contributed by atoms with E-state index in [0.29, 0.717) is 23.6 Å². The molecule has 0 radical (unpaired) electrons. The number of carbonyl (C=O) groups is 1. The topological polar surface area (TPSA) is 66.5 Å². The highest BCUT2D eigenvalue weighted by molar-refractivity contribution is 7.92. The molecule has 0 atom stereocenters. The largest absolute Gasteiger partial charge is 0.315 e. The van der Waals surface area contributed by atoms with E-state index in [4.69, 9.17) is 11.6 Å². The zero-order chi connectivity index (χ0) is 16.6. The van der Waals surface area contributed by atoms with Crippen molar-refractivity contribution in [3.63, 3.8) is 0 Å². The van der Waals surface area contributed by atoms with E-state index in [1.807, 2.05) is 0 Å². The first-order valence-electron chi connectivity index (χ1n) is 7.05. The lowest BCUT2D eigenvalue weighted by Crippen LogP contribution is -2.31. The molecule has 2 aromatic carbocycles. The highest BCUT2D eigenvalue weighted by Crippen LogP contribution is 2.30. The first kappa shape index (κ1) is 15.8. The fraction of sp³-hybridized carbons (Fsp3) is 0.188. The average molecular weight is 351 g/mol. The summed E-state index contributed by atoms with van der Waals surface area (Å²) in [5.41, 5.74) is 1.92.